The Morgan fingerprint density at radius 2 is 2.00 bits per heavy atom. The topological polar surface area (TPSA) is 55.0 Å². The molecule has 0 aliphatic heterocycles. The summed E-state index contributed by atoms with van der Waals surface area (Å²) in [5.41, 5.74) is 9.01. The number of rotatable bonds is 3. The van der Waals surface area contributed by atoms with E-state index in [2.05, 4.69) is 29.3 Å². The zero-order valence-electron chi connectivity index (χ0n) is 10.1. The monoisotopic (exact) mass is 228 g/mol. The fourth-order valence-corrected chi connectivity index (χ4v) is 1.85. The van der Waals surface area contributed by atoms with Crippen LogP contribution in [0, 0.1) is 6.92 Å². The molecule has 0 bridgehead atoms. The van der Waals surface area contributed by atoms with Gasteiger partial charge in [0.1, 0.15) is 0 Å². The Morgan fingerprint density at radius 1 is 1.24 bits per heavy atom. The molecule has 17 heavy (non-hydrogen) atoms. The first-order valence-corrected chi connectivity index (χ1v) is 5.54. The van der Waals surface area contributed by atoms with Gasteiger partial charge in [-0.2, -0.15) is 5.10 Å². The molecule has 0 aliphatic carbocycles. The van der Waals surface area contributed by atoms with Gasteiger partial charge in [0.15, 0.2) is 5.82 Å². The number of benzene rings is 1. The molecule has 0 spiro atoms. The molecule has 0 radical (unpaired) electrons. The highest BCUT2D eigenvalue weighted by Crippen LogP contribution is 2.26. The van der Waals surface area contributed by atoms with Crippen molar-refractivity contribution in [3.8, 4) is 0 Å². The summed E-state index contributed by atoms with van der Waals surface area (Å²) in [4.78, 5) is 2.02. The number of hydrogen-bond donors (Lipinski definition) is 1. The highest BCUT2D eigenvalue weighted by atomic mass is 15.2. The lowest BCUT2D eigenvalue weighted by atomic mass is 10.1. The lowest BCUT2D eigenvalue weighted by Crippen LogP contribution is -2.16. The van der Waals surface area contributed by atoms with Gasteiger partial charge in [-0.15, -0.1) is 5.10 Å². The van der Waals surface area contributed by atoms with Gasteiger partial charge in [-0.25, -0.2) is 0 Å². The van der Waals surface area contributed by atoms with Crippen LogP contribution in [0.15, 0.2) is 36.5 Å². The van der Waals surface area contributed by atoms with E-state index in [0.29, 0.717) is 6.54 Å². The van der Waals surface area contributed by atoms with Gasteiger partial charge >= 0.3 is 0 Å². The SMILES string of the molecule is Cc1ccccc1N(C)c1nnccc1CN. The van der Waals surface area contributed by atoms with E-state index in [1.54, 1.807) is 6.20 Å². The number of aryl methyl sites for hydroxylation is 1. The highest BCUT2D eigenvalue weighted by molar-refractivity contribution is 5.64. The van der Waals surface area contributed by atoms with Crippen LogP contribution in [-0.4, -0.2) is 17.2 Å². The number of para-hydroxylation sites is 1. The maximum atomic E-state index is 5.71. The molecule has 1 aromatic carbocycles. The van der Waals surface area contributed by atoms with E-state index in [9.17, 15) is 0 Å². The Bertz CT molecular complexity index is 510. The molecule has 0 saturated heterocycles. The molecule has 2 rings (SSSR count). The number of nitrogens with two attached hydrogens (primary N) is 1. The minimum Gasteiger partial charge on any atom is -0.327 e. The quantitative estimate of drug-likeness (QED) is 0.873. The second kappa shape index (κ2) is 4.93. The third-order valence-corrected chi connectivity index (χ3v) is 2.80. The molecule has 4 nitrogen and oxygen atoms in total. The van der Waals surface area contributed by atoms with Crippen molar-refractivity contribution in [1.82, 2.24) is 10.2 Å². The second-order valence-corrected chi connectivity index (χ2v) is 3.93. The molecular formula is C13H16N4. The molecule has 2 aromatic rings. The summed E-state index contributed by atoms with van der Waals surface area (Å²) in [7, 11) is 1.98. The van der Waals surface area contributed by atoms with Gasteiger partial charge in [-0.1, -0.05) is 18.2 Å². The molecule has 0 unspecified atom stereocenters. The van der Waals surface area contributed by atoms with Crippen molar-refractivity contribution in [2.24, 2.45) is 5.73 Å². The molecule has 2 N–H and O–H groups in total. The van der Waals surface area contributed by atoms with Gasteiger partial charge < -0.3 is 10.6 Å². The number of nitrogens with zero attached hydrogens (tertiary/aromatic N) is 3. The molecule has 0 fully saturated rings. The fourth-order valence-electron chi connectivity index (χ4n) is 1.85. The minimum absolute atomic E-state index is 0.459. The predicted molar refractivity (Wildman–Crippen MR) is 69.2 cm³/mol. The lowest BCUT2D eigenvalue weighted by Gasteiger charge is -2.21. The van der Waals surface area contributed by atoms with Crippen molar-refractivity contribution in [3.05, 3.63) is 47.7 Å². The molecular weight excluding hydrogens is 212 g/mol. The summed E-state index contributed by atoms with van der Waals surface area (Å²) >= 11 is 0. The predicted octanol–water partition coefficient (Wildman–Crippen LogP) is 2.01. The van der Waals surface area contributed by atoms with E-state index in [0.717, 1.165) is 17.1 Å². The van der Waals surface area contributed by atoms with E-state index in [4.69, 9.17) is 5.73 Å². The Balaban J connectivity index is 2.44. The van der Waals surface area contributed by atoms with Crippen molar-refractivity contribution in [2.45, 2.75) is 13.5 Å². The third-order valence-electron chi connectivity index (χ3n) is 2.80. The largest absolute Gasteiger partial charge is 0.327 e. The Hall–Kier alpha value is -1.94. The minimum atomic E-state index is 0.459. The standard InChI is InChI=1S/C13H16N4/c1-10-5-3-4-6-12(10)17(2)13-11(9-14)7-8-15-16-13/h3-8H,9,14H2,1-2H3. The zero-order chi connectivity index (χ0) is 12.3. The second-order valence-electron chi connectivity index (χ2n) is 3.93. The maximum absolute atomic E-state index is 5.71. The van der Waals surface area contributed by atoms with Crippen molar-refractivity contribution in [3.63, 3.8) is 0 Å². The van der Waals surface area contributed by atoms with Crippen LogP contribution in [0.2, 0.25) is 0 Å². The van der Waals surface area contributed by atoms with Crippen LogP contribution in [0.5, 0.6) is 0 Å². The van der Waals surface area contributed by atoms with Gasteiger partial charge in [0.2, 0.25) is 0 Å². The Kier molecular flexibility index (Phi) is 3.35. The third kappa shape index (κ3) is 2.26. The highest BCUT2D eigenvalue weighted by Gasteiger charge is 2.11. The summed E-state index contributed by atoms with van der Waals surface area (Å²) in [6, 6.07) is 10.1. The Labute approximate surface area is 101 Å². The van der Waals surface area contributed by atoms with Crippen LogP contribution in [0.1, 0.15) is 11.1 Å². The van der Waals surface area contributed by atoms with Gasteiger partial charge in [-0.05, 0) is 24.6 Å². The van der Waals surface area contributed by atoms with Crippen LogP contribution in [0.25, 0.3) is 0 Å². The van der Waals surface area contributed by atoms with Gasteiger partial charge in [0.25, 0.3) is 0 Å². The van der Waals surface area contributed by atoms with E-state index < -0.39 is 0 Å². The summed E-state index contributed by atoms with van der Waals surface area (Å²) in [5, 5.41) is 8.09. The van der Waals surface area contributed by atoms with E-state index >= 15 is 0 Å². The molecule has 0 aliphatic rings. The molecule has 1 aromatic heterocycles. The van der Waals surface area contributed by atoms with Crippen LogP contribution in [0.4, 0.5) is 11.5 Å². The molecule has 1 heterocycles. The smallest absolute Gasteiger partial charge is 0.159 e. The normalized spacial score (nSPS) is 10.3. The van der Waals surface area contributed by atoms with Crippen molar-refractivity contribution in [1.29, 1.82) is 0 Å². The lowest BCUT2D eigenvalue weighted by molar-refractivity contribution is 0.932. The summed E-state index contributed by atoms with van der Waals surface area (Å²) in [5.74, 6) is 0.810. The Morgan fingerprint density at radius 3 is 2.71 bits per heavy atom. The average molecular weight is 228 g/mol. The van der Waals surface area contributed by atoms with E-state index in [1.165, 1.54) is 5.56 Å². The van der Waals surface area contributed by atoms with Crippen LogP contribution in [0.3, 0.4) is 0 Å². The first-order chi connectivity index (χ1) is 8.24. The van der Waals surface area contributed by atoms with E-state index in [1.807, 2.05) is 30.1 Å². The average Bonchev–Trinajstić information content (AvgIpc) is 2.38. The first kappa shape index (κ1) is 11.5. The summed E-state index contributed by atoms with van der Waals surface area (Å²) in [6.07, 6.45) is 1.66. The maximum Gasteiger partial charge on any atom is 0.159 e. The van der Waals surface area contributed by atoms with Crippen molar-refractivity contribution in [2.75, 3.05) is 11.9 Å². The van der Waals surface area contributed by atoms with Crippen molar-refractivity contribution >= 4 is 11.5 Å². The molecule has 88 valence electrons. The molecule has 0 saturated carbocycles. The molecule has 0 amide bonds. The van der Waals surface area contributed by atoms with Crippen LogP contribution in [-0.2, 0) is 6.54 Å². The number of aromatic nitrogens is 2. The fraction of sp³-hybridized carbons (Fsp3) is 0.231. The van der Waals surface area contributed by atoms with E-state index in [-0.39, 0.29) is 0 Å². The number of anilines is 2. The van der Waals surface area contributed by atoms with Crippen LogP contribution >= 0.6 is 0 Å². The molecule has 4 heteroatoms. The van der Waals surface area contributed by atoms with Crippen molar-refractivity contribution < 1.29 is 0 Å². The number of hydrogen-bond acceptors (Lipinski definition) is 4. The van der Waals surface area contributed by atoms with Gasteiger partial charge in [0.05, 0.1) is 6.20 Å². The van der Waals surface area contributed by atoms with Gasteiger partial charge in [0, 0.05) is 24.8 Å². The first-order valence-electron chi connectivity index (χ1n) is 5.54. The summed E-state index contributed by atoms with van der Waals surface area (Å²) in [6.45, 7) is 2.53. The van der Waals surface area contributed by atoms with Gasteiger partial charge in [-0.3, -0.25) is 0 Å². The van der Waals surface area contributed by atoms with Crippen LogP contribution < -0.4 is 10.6 Å². The molecule has 0 atom stereocenters. The zero-order valence-corrected chi connectivity index (χ0v) is 10.1. The summed E-state index contributed by atoms with van der Waals surface area (Å²) < 4.78 is 0.